The fraction of sp³-hybridized carbons (Fsp3) is 0.0492. The first kappa shape index (κ1) is 17.1. The molecule has 298 valence electrons. The first-order valence-corrected chi connectivity index (χ1v) is 19.3. The van der Waals surface area contributed by atoms with Crippen molar-refractivity contribution in [1.82, 2.24) is 0 Å². The lowest BCUT2D eigenvalue weighted by molar-refractivity contribution is 0.488. The van der Waals surface area contributed by atoms with Gasteiger partial charge in [-0.05, 0) is 138 Å². The Bertz CT molecular complexity index is 4980. The summed E-state index contributed by atoms with van der Waals surface area (Å²) in [4.78, 5) is 0.299. The van der Waals surface area contributed by atoms with E-state index in [1.54, 1.807) is 36.4 Å². The molecule has 0 aromatic heterocycles. The Balaban J connectivity index is 1.20. The van der Waals surface area contributed by atoms with Gasteiger partial charge in [0.15, 0.2) is 0 Å². The van der Waals surface area contributed by atoms with Crippen molar-refractivity contribution >= 4 is 27.8 Å². The van der Waals surface area contributed by atoms with Crippen LogP contribution in [0.4, 0.5) is 17.1 Å². The zero-order valence-electron chi connectivity index (χ0n) is 63.3. The number of hydrogen-bond acceptors (Lipinski definition) is 2. The summed E-state index contributed by atoms with van der Waals surface area (Å²) in [5.41, 5.74) is -13.0. The van der Waals surface area contributed by atoms with Crippen LogP contribution in [0.2, 0.25) is 0 Å². The van der Waals surface area contributed by atoms with Gasteiger partial charge in [0.25, 0.3) is 0 Å². The van der Waals surface area contributed by atoms with Crippen molar-refractivity contribution < 1.29 is 47.2 Å². The molecule has 10 aromatic rings. The van der Waals surface area contributed by atoms with Crippen LogP contribution in [0, 0.1) is 0 Å². The first-order valence-electron chi connectivity index (χ1n) is 34.8. The van der Waals surface area contributed by atoms with Crippen LogP contribution in [0.1, 0.15) is 67.3 Å². The smallest absolute Gasteiger partial charge is 0.135 e. The predicted octanol–water partition coefficient (Wildman–Crippen LogP) is 17.1. The van der Waals surface area contributed by atoms with Gasteiger partial charge in [0.05, 0.1) is 34.3 Å². The number of nitrogens with zero attached hydrogens (tertiary/aromatic N) is 1. The lowest BCUT2D eigenvalue weighted by Crippen LogP contribution is -2.16. The van der Waals surface area contributed by atoms with Crippen LogP contribution in [0.15, 0.2) is 224 Å². The molecular formula is C61H43NO. The summed E-state index contributed by atoms with van der Waals surface area (Å²) in [6.07, 6.45) is 0. The lowest BCUT2D eigenvalue weighted by Gasteiger charge is -2.28. The fourth-order valence-corrected chi connectivity index (χ4v) is 7.96. The second kappa shape index (κ2) is 14.6. The molecular weight excluding hydrogens is 763 g/mol. The Morgan fingerprint density at radius 3 is 1.76 bits per heavy atom. The highest BCUT2D eigenvalue weighted by atomic mass is 16.5. The van der Waals surface area contributed by atoms with Crippen molar-refractivity contribution in [3.8, 4) is 78.3 Å². The molecule has 2 nitrogen and oxygen atoms in total. The molecule has 1 aliphatic carbocycles. The molecule has 0 atom stereocenters. The van der Waals surface area contributed by atoms with Gasteiger partial charge >= 0.3 is 0 Å². The molecule has 0 saturated heterocycles. The maximum Gasteiger partial charge on any atom is 0.135 e. The summed E-state index contributed by atoms with van der Waals surface area (Å²) < 4.78 is 290. The van der Waals surface area contributed by atoms with E-state index in [1.165, 1.54) is 24.3 Å². The van der Waals surface area contributed by atoms with Crippen molar-refractivity contribution in [3.05, 3.63) is 235 Å². The monoisotopic (exact) mass is 837 g/mol. The number of anilines is 3. The van der Waals surface area contributed by atoms with Crippen LogP contribution in [0.5, 0.6) is 11.5 Å². The third kappa shape index (κ3) is 6.17. The largest absolute Gasteiger partial charge is 0.456 e. The highest BCUT2D eigenvalue weighted by Crippen LogP contribution is 2.53. The molecule has 63 heavy (non-hydrogen) atoms. The van der Waals surface area contributed by atoms with Crippen LogP contribution in [0.25, 0.3) is 77.5 Å². The van der Waals surface area contributed by atoms with E-state index in [-0.39, 0.29) is 39.3 Å². The fourth-order valence-electron chi connectivity index (χ4n) is 7.96. The van der Waals surface area contributed by atoms with Gasteiger partial charge in [-0.15, -0.1) is 0 Å². The summed E-state index contributed by atoms with van der Waals surface area (Å²) in [6.45, 7) is -7.98. The Hall–Kier alpha value is -7.94. The topological polar surface area (TPSA) is 12.5 Å². The average Bonchev–Trinajstić information content (AvgIpc) is 1.27. The van der Waals surface area contributed by atoms with Gasteiger partial charge in [-0.25, -0.2) is 0 Å². The summed E-state index contributed by atoms with van der Waals surface area (Å²) in [6, 6.07) is -5.92. The van der Waals surface area contributed by atoms with Crippen molar-refractivity contribution in [2.24, 2.45) is 0 Å². The number of fused-ring (bicyclic) bond motifs is 9. The number of benzene rings is 10. The number of hydrogen-bond donors (Lipinski definition) is 0. The Morgan fingerprint density at radius 1 is 0.413 bits per heavy atom. The average molecular weight is 837 g/mol. The van der Waals surface area contributed by atoms with Gasteiger partial charge < -0.3 is 9.64 Å². The van der Waals surface area contributed by atoms with Crippen LogP contribution in [-0.4, -0.2) is 0 Å². The lowest BCUT2D eigenvalue weighted by atomic mass is 9.82. The Labute approximate surface area is 412 Å². The van der Waals surface area contributed by atoms with Crippen LogP contribution >= 0.6 is 0 Å². The van der Waals surface area contributed by atoms with Crippen molar-refractivity contribution in [2.45, 2.75) is 19.1 Å². The molecule has 10 aromatic carbocycles. The van der Waals surface area contributed by atoms with Crippen LogP contribution in [0.3, 0.4) is 0 Å². The van der Waals surface area contributed by atoms with E-state index < -0.39 is 226 Å². The third-order valence-electron chi connectivity index (χ3n) is 10.9. The molecule has 2 heteroatoms. The highest BCUT2D eigenvalue weighted by Gasteiger charge is 2.36. The van der Waals surface area contributed by atoms with Gasteiger partial charge in [-0.1, -0.05) is 177 Å². The Kier molecular flexibility index (Phi) is 3.96. The van der Waals surface area contributed by atoms with E-state index in [9.17, 15) is 15.1 Å². The van der Waals surface area contributed by atoms with Gasteiger partial charge in [0, 0.05) is 41.8 Å². The maximum absolute atomic E-state index is 10.2. The molecule has 1 aliphatic heterocycles. The van der Waals surface area contributed by atoms with E-state index in [0.717, 1.165) is 0 Å². The molecule has 0 fully saturated rings. The molecule has 0 amide bonds. The Morgan fingerprint density at radius 2 is 1.03 bits per heavy atom. The normalized spacial score (nSPS) is 20.2. The van der Waals surface area contributed by atoms with Crippen molar-refractivity contribution in [3.63, 3.8) is 0 Å². The third-order valence-corrected chi connectivity index (χ3v) is 10.9. The molecule has 1 heterocycles. The SMILES string of the molecule is [2H]c1c([2H])c([2H])c(-c2ccc3c(c2)-c2cc4ccccc4cc2Oc2cccc(-c4c([2H])c([2H])c(N(c5c([2H])c([2H])c(-c6c([2H])c([2H])c([2H])c([2H])c6[2H])c([2H])c5[2H])c5c([2H])c([2H])c6c(c5[2H])C(C([2H])([2H])[2H])(C([2H])([2H])[2H])c5c([2H])c([2H])c([2H])c([2H])c5-6)c([2H])c4[2H])c2-3)c([2H])c1[2H]. The molecule has 0 saturated carbocycles. The zero-order chi connectivity index (χ0) is 68.8. The zero-order valence-corrected chi connectivity index (χ0v) is 32.3. The summed E-state index contributed by atoms with van der Waals surface area (Å²) in [7, 11) is 0. The van der Waals surface area contributed by atoms with E-state index in [4.69, 9.17) is 32.2 Å². The van der Waals surface area contributed by atoms with E-state index >= 15 is 0 Å². The quantitative estimate of drug-likeness (QED) is 0.165. The van der Waals surface area contributed by atoms with E-state index in [0.29, 0.717) is 26.8 Å². The van der Waals surface area contributed by atoms with Gasteiger partial charge in [0.2, 0.25) is 0 Å². The van der Waals surface area contributed by atoms with Crippen LogP contribution < -0.4 is 9.64 Å². The molecule has 12 rings (SSSR count). The minimum absolute atomic E-state index is 0.0577. The molecule has 2 aliphatic rings. The number of ether oxygens (including phenoxy) is 1. The maximum atomic E-state index is 10.2. The minimum atomic E-state index is -3.99. The van der Waals surface area contributed by atoms with Crippen molar-refractivity contribution in [1.29, 1.82) is 0 Å². The standard InChI is InChI=1S/C61H43NO/c1-61(2)56-22-12-11-20-51(56)52-35-33-49(39-57(52)61)62(47-29-24-42(25-30-47)40-14-5-3-6-15-40)48-31-26-43(27-32-48)50-21-13-23-58-60(50)53-34-28-46(41-16-7-4-8-17-41)36-54(53)55-37-44-18-9-10-19-45(44)38-59(55)63-58/h3-39H,1-2H3/i1D3,2D3,3D,4D,5D,6D,7D,8D,11D,12D,14D,15D,16D,17D,20D,22D,24D,25D,26D,27D,29D,30D,31D,32D,33D,35D,39D. The molecule has 0 N–H and O–H groups in total. The second-order valence-electron chi connectivity index (χ2n) is 14.5. The molecule has 0 unspecified atom stereocenters. The predicted molar refractivity (Wildman–Crippen MR) is 263 cm³/mol. The second-order valence-corrected chi connectivity index (χ2v) is 14.5. The minimum Gasteiger partial charge on any atom is -0.456 e. The van der Waals surface area contributed by atoms with E-state index in [1.807, 2.05) is 12.1 Å². The van der Waals surface area contributed by atoms with Gasteiger partial charge in [-0.2, -0.15) is 0 Å². The van der Waals surface area contributed by atoms with Crippen molar-refractivity contribution in [2.75, 3.05) is 4.90 Å². The first-order chi connectivity index (χ1) is 43.9. The summed E-state index contributed by atoms with van der Waals surface area (Å²) in [5, 5.41) is 1.42. The number of rotatable bonds is 6. The molecule has 0 radical (unpaired) electrons. The highest BCUT2D eigenvalue weighted by molar-refractivity contribution is 6.02. The molecule has 0 spiro atoms. The van der Waals surface area contributed by atoms with Gasteiger partial charge in [-0.3, -0.25) is 0 Å². The summed E-state index contributed by atoms with van der Waals surface area (Å²) >= 11 is 0. The molecule has 0 bridgehead atoms. The van der Waals surface area contributed by atoms with E-state index in [2.05, 4.69) is 0 Å². The van der Waals surface area contributed by atoms with Gasteiger partial charge in [0.1, 0.15) is 11.5 Å². The summed E-state index contributed by atoms with van der Waals surface area (Å²) in [5.74, 6) is 0.294. The van der Waals surface area contributed by atoms with Crippen LogP contribution in [-0.2, 0) is 5.41 Å².